The van der Waals surface area contributed by atoms with E-state index in [1.165, 1.54) is 60.4 Å². The van der Waals surface area contributed by atoms with Crippen molar-refractivity contribution in [3.63, 3.8) is 0 Å². The van der Waals surface area contributed by atoms with Gasteiger partial charge in [0.2, 0.25) is 0 Å². The highest BCUT2D eigenvalue weighted by atomic mass is 15.1. The van der Waals surface area contributed by atoms with Gasteiger partial charge in [-0.05, 0) is 72.1 Å². The first-order valence-corrected chi connectivity index (χ1v) is 8.64. The zero-order valence-corrected chi connectivity index (χ0v) is 13.6. The smallest absolute Gasteiger partial charge is 0.0672 e. The number of hydrogen-bond acceptors (Lipinski definition) is 2. The molecule has 22 heavy (non-hydrogen) atoms. The fourth-order valence-electron chi connectivity index (χ4n) is 3.49. The highest BCUT2D eigenvalue weighted by Gasteiger charge is 2.11. The van der Waals surface area contributed by atoms with Gasteiger partial charge in [0.15, 0.2) is 0 Å². The van der Waals surface area contributed by atoms with E-state index in [0.29, 0.717) is 0 Å². The molecule has 0 saturated carbocycles. The van der Waals surface area contributed by atoms with Gasteiger partial charge in [0, 0.05) is 0 Å². The third-order valence-corrected chi connectivity index (χ3v) is 4.81. The number of hydrogen-bond donors (Lipinski definition) is 1. The minimum absolute atomic E-state index is 0.973. The lowest BCUT2D eigenvalue weighted by Gasteiger charge is -2.17. The van der Waals surface area contributed by atoms with Gasteiger partial charge in [-0.3, -0.25) is 0 Å². The molecule has 2 nitrogen and oxygen atoms in total. The van der Waals surface area contributed by atoms with Gasteiger partial charge in [0.05, 0.1) is 5.71 Å². The molecule has 0 saturated heterocycles. The molecule has 1 aliphatic rings. The van der Waals surface area contributed by atoms with E-state index < -0.39 is 0 Å². The predicted octanol–water partition coefficient (Wildman–Crippen LogP) is 4.96. The van der Waals surface area contributed by atoms with Crippen LogP contribution in [0.25, 0.3) is 10.8 Å². The second-order valence-electron chi connectivity index (χ2n) is 6.42. The first kappa shape index (κ1) is 15.1. The van der Waals surface area contributed by atoms with E-state index in [9.17, 15) is 0 Å². The van der Waals surface area contributed by atoms with Gasteiger partial charge < -0.3 is 5.84 Å². The van der Waals surface area contributed by atoms with Crippen LogP contribution in [0.2, 0.25) is 0 Å². The third kappa shape index (κ3) is 3.16. The standard InChI is InChI=1S/C20H26N2/c1-2-3-4-9-20(22-21)18-11-10-17-12-15-7-5-6-8-16(15)13-19(17)14-18/h10-14H,2-9,21H2,1H3/b22-20-. The molecule has 0 spiro atoms. The molecule has 2 aromatic carbocycles. The van der Waals surface area contributed by atoms with Crippen LogP contribution in [0.3, 0.4) is 0 Å². The largest absolute Gasteiger partial charge is 0.323 e. The maximum atomic E-state index is 5.63. The number of unbranched alkanes of at least 4 members (excludes halogenated alkanes) is 2. The Bertz CT molecular complexity index is 685. The normalized spacial score (nSPS) is 15.0. The summed E-state index contributed by atoms with van der Waals surface area (Å²) in [6, 6.07) is 11.4. The van der Waals surface area contributed by atoms with Crippen LogP contribution in [0.4, 0.5) is 0 Å². The molecule has 0 aromatic heterocycles. The number of benzene rings is 2. The fourth-order valence-corrected chi connectivity index (χ4v) is 3.49. The van der Waals surface area contributed by atoms with Gasteiger partial charge in [-0.2, -0.15) is 5.10 Å². The van der Waals surface area contributed by atoms with Gasteiger partial charge >= 0.3 is 0 Å². The molecule has 116 valence electrons. The molecule has 0 bridgehead atoms. The fraction of sp³-hybridized carbons (Fsp3) is 0.450. The van der Waals surface area contributed by atoms with Crippen molar-refractivity contribution >= 4 is 16.5 Å². The van der Waals surface area contributed by atoms with Gasteiger partial charge in [-0.15, -0.1) is 0 Å². The minimum atomic E-state index is 0.973. The van der Waals surface area contributed by atoms with Crippen LogP contribution in [-0.4, -0.2) is 5.71 Å². The van der Waals surface area contributed by atoms with Crippen molar-refractivity contribution in [1.82, 2.24) is 0 Å². The lowest BCUT2D eigenvalue weighted by Crippen LogP contribution is -2.05. The molecule has 2 N–H and O–H groups in total. The number of nitrogens with two attached hydrogens (primary N) is 1. The lowest BCUT2D eigenvalue weighted by molar-refractivity contribution is 0.687. The van der Waals surface area contributed by atoms with Crippen molar-refractivity contribution in [2.24, 2.45) is 10.9 Å². The molecule has 0 amide bonds. The first-order valence-electron chi connectivity index (χ1n) is 8.64. The summed E-state index contributed by atoms with van der Waals surface area (Å²) in [7, 11) is 0. The van der Waals surface area contributed by atoms with Crippen molar-refractivity contribution in [3.05, 3.63) is 47.0 Å². The zero-order valence-electron chi connectivity index (χ0n) is 13.6. The topological polar surface area (TPSA) is 38.4 Å². The second kappa shape index (κ2) is 6.95. The molecule has 0 heterocycles. The molecule has 0 radical (unpaired) electrons. The number of nitrogens with zero attached hydrogens (tertiary/aromatic N) is 1. The van der Waals surface area contributed by atoms with E-state index in [0.717, 1.165) is 18.6 Å². The maximum Gasteiger partial charge on any atom is 0.0672 e. The molecule has 2 heteroatoms. The van der Waals surface area contributed by atoms with Crippen LogP contribution in [-0.2, 0) is 12.8 Å². The van der Waals surface area contributed by atoms with Gasteiger partial charge in [0.25, 0.3) is 0 Å². The Labute approximate surface area is 133 Å². The summed E-state index contributed by atoms with van der Waals surface area (Å²) >= 11 is 0. The van der Waals surface area contributed by atoms with E-state index >= 15 is 0 Å². The van der Waals surface area contributed by atoms with Crippen LogP contribution in [0.1, 0.15) is 62.1 Å². The van der Waals surface area contributed by atoms with E-state index in [1.807, 2.05) is 0 Å². The van der Waals surface area contributed by atoms with E-state index in [4.69, 9.17) is 5.84 Å². The average Bonchev–Trinajstić information content (AvgIpc) is 2.56. The first-order chi connectivity index (χ1) is 10.8. The van der Waals surface area contributed by atoms with Crippen LogP contribution in [0.15, 0.2) is 35.4 Å². The van der Waals surface area contributed by atoms with Crippen molar-refractivity contribution in [3.8, 4) is 0 Å². The molecule has 3 rings (SSSR count). The molecule has 0 unspecified atom stereocenters. The Kier molecular flexibility index (Phi) is 4.77. The molecular formula is C20H26N2. The molecule has 0 aliphatic heterocycles. The molecular weight excluding hydrogens is 268 g/mol. The van der Waals surface area contributed by atoms with Gasteiger partial charge in [-0.25, -0.2) is 0 Å². The van der Waals surface area contributed by atoms with Crippen LogP contribution >= 0.6 is 0 Å². The van der Waals surface area contributed by atoms with Crippen molar-refractivity contribution in [1.29, 1.82) is 0 Å². The Morgan fingerprint density at radius 1 is 1.00 bits per heavy atom. The molecule has 1 aliphatic carbocycles. The number of rotatable bonds is 5. The summed E-state index contributed by atoms with van der Waals surface area (Å²) in [4.78, 5) is 0. The van der Waals surface area contributed by atoms with Crippen LogP contribution in [0.5, 0.6) is 0 Å². The maximum absolute atomic E-state index is 5.63. The van der Waals surface area contributed by atoms with Crippen molar-refractivity contribution in [2.45, 2.75) is 58.3 Å². The summed E-state index contributed by atoms with van der Waals surface area (Å²) in [5.41, 5.74) is 5.30. The lowest BCUT2D eigenvalue weighted by atomic mass is 9.88. The van der Waals surface area contributed by atoms with Crippen LogP contribution in [0, 0.1) is 0 Å². The van der Waals surface area contributed by atoms with Crippen molar-refractivity contribution < 1.29 is 0 Å². The molecule has 0 atom stereocenters. The molecule has 0 fully saturated rings. The van der Waals surface area contributed by atoms with Crippen molar-refractivity contribution in [2.75, 3.05) is 0 Å². The summed E-state index contributed by atoms with van der Waals surface area (Å²) < 4.78 is 0. The van der Waals surface area contributed by atoms with Gasteiger partial charge in [0.1, 0.15) is 0 Å². The number of fused-ring (bicyclic) bond motifs is 2. The Balaban J connectivity index is 1.91. The summed E-state index contributed by atoms with van der Waals surface area (Å²) in [5, 5.41) is 6.71. The highest BCUT2D eigenvalue weighted by Crippen LogP contribution is 2.27. The number of aryl methyl sites for hydroxylation is 2. The quantitative estimate of drug-likeness (QED) is 0.360. The van der Waals surface area contributed by atoms with Gasteiger partial charge in [-0.1, -0.05) is 44.0 Å². The van der Waals surface area contributed by atoms with Crippen LogP contribution < -0.4 is 5.84 Å². The molecule has 2 aromatic rings. The SMILES string of the molecule is CCCCC/C(=N/N)c1ccc2cc3c(cc2c1)CCCC3. The Morgan fingerprint density at radius 3 is 2.41 bits per heavy atom. The monoisotopic (exact) mass is 294 g/mol. The second-order valence-corrected chi connectivity index (χ2v) is 6.42. The Morgan fingerprint density at radius 2 is 1.73 bits per heavy atom. The highest BCUT2D eigenvalue weighted by molar-refractivity contribution is 6.03. The van der Waals surface area contributed by atoms with E-state index in [1.54, 1.807) is 5.56 Å². The zero-order chi connectivity index (χ0) is 15.4. The van der Waals surface area contributed by atoms with E-state index in [2.05, 4.69) is 42.4 Å². The summed E-state index contributed by atoms with van der Waals surface area (Å²) in [6.07, 6.45) is 9.71. The Hall–Kier alpha value is -1.83. The predicted molar refractivity (Wildman–Crippen MR) is 95.5 cm³/mol. The summed E-state index contributed by atoms with van der Waals surface area (Å²) in [5.74, 6) is 5.63. The number of hydrazone groups is 1. The van der Waals surface area contributed by atoms with E-state index in [-0.39, 0.29) is 0 Å². The average molecular weight is 294 g/mol. The summed E-state index contributed by atoms with van der Waals surface area (Å²) in [6.45, 7) is 2.22. The third-order valence-electron chi connectivity index (χ3n) is 4.81. The minimum Gasteiger partial charge on any atom is -0.323 e.